The van der Waals surface area contributed by atoms with Gasteiger partial charge in [0.15, 0.2) is 0 Å². The molecule has 0 bridgehead atoms. The summed E-state index contributed by atoms with van der Waals surface area (Å²) in [5.41, 5.74) is 4.54. The van der Waals surface area contributed by atoms with Crippen molar-refractivity contribution in [2.45, 2.75) is 51.2 Å². The quantitative estimate of drug-likeness (QED) is 0.625. The molecule has 0 aliphatic heterocycles. The van der Waals surface area contributed by atoms with Crippen molar-refractivity contribution in [2.75, 3.05) is 0 Å². The summed E-state index contributed by atoms with van der Waals surface area (Å²) in [6.45, 7) is 13.4. The lowest BCUT2D eigenvalue weighted by molar-refractivity contribution is 0.903. The van der Waals surface area contributed by atoms with E-state index in [-0.39, 0.29) is 0 Å². The fraction of sp³-hybridized carbons (Fsp3) is 0.500. The minimum absolute atomic E-state index is 0.590. The molecule has 0 heterocycles. The third kappa shape index (κ3) is 4.51. The SMILES string of the molecule is C=Cc1ccc(CC[SiH](C(C)C)C(C)C)cc1. The minimum Gasteiger partial charge on any atom is -0.0985 e. The first kappa shape index (κ1) is 14.2. The van der Waals surface area contributed by atoms with E-state index in [9.17, 15) is 0 Å². The molecule has 0 fully saturated rings. The summed E-state index contributed by atoms with van der Waals surface area (Å²) in [4.78, 5) is 0. The van der Waals surface area contributed by atoms with E-state index in [1.165, 1.54) is 23.6 Å². The van der Waals surface area contributed by atoms with E-state index in [1.807, 2.05) is 6.08 Å². The number of rotatable bonds is 6. The van der Waals surface area contributed by atoms with Crippen molar-refractivity contribution in [2.24, 2.45) is 0 Å². The molecule has 0 saturated carbocycles. The zero-order chi connectivity index (χ0) is 12.8. The van der Waals surface area contributed by atoms with Crippen molar-refractivity contribution in [3.8, 4) is 0 Å². The third-order valence-corrected chi connectivity index (χ3v) is 8.07. The number of hydrogen-bond donors (Lipinski definition) is 0. The molecule has 1 aromatic carbocycles. The molecule has 0 atom stereocenters. The monoisotopic (exact) mass is 246 g/mol. The summed E-state index contributed by atoms with van der Waals surface area (Å²) in [5, 5.41) is 0. The molecule has 0 radical (unpaired) electrons. The second-order valence-electron chi connectivity index (χ2n) is 5.64. The van der Waals surface area contributed by atoms with E-state index in [0.717, 1.165) is 11.1 Å². The molecular formula is C16H26Si. The first-order valence-corrected chi connectivity index (χ1v) is 8.91. The Bertz CT molecular complexity index is 327. The molecule has 0 saturated heterocycles. The molecule has 94 valence electrons. The molecule has 1 rings (SSSR count). The maximum absolute atomic E-state index is 3.79. The largest absolute Gasteiger partial charge is 0.0985 e. The summed E-state index contributed by atoms with van der Waals surface area (Å²) < 4.78 is 0. The third-order valence-electron chi connectivity index (χ3n) is 3.69. The normalized spacial score (nSPS) is 11.5. The lowest BCUT2D eigenvalue weighted by atomic mass is 10.1. The topological polar surface area (TPSA) is 0 Å². The van der Waals surface area contributed by atoms with E-state index >= 15 is 0 Å². The van der Waals surface area contributed by atoms with Crippen LogP contribution in [0.4, 0.5) is 0 Å². The summed E-state index contributed by atoms with van der Waals surface area (Å²) >= 11 is 0. The van der Waals surface area contributed by atoms with Crippen molar-refractivity contribution in [3.05, 3.63) is 42.0 Å². The second kappa shape index (κ2) is 6.80. The fourth-order valence-electron chi connectivity index (χ4n) is 2.59. The average Bonchev–Trinajstić information content (AvgIpc) is 2.29. The predicted octanol–water partition coefficient (Wildman–Crippen LogP) is 4.92. The van der Waals surface area contributed by atoms with Crippen LogP contribution in [0.3, 0.4) is 0 Å². The van der Waals surface area contributed by atoms with E-state index in [2.05, 4.69) is 58.5 Å². The molecule has 0 nitrogen and oxygen atoms in total. The van der Waals surface area contributed by atoms with Crippen LogP contribution in [-0.2, 0) is 6.42 Å². The van der Waals surface area contributed by atoms with Crippen molar-refractivity contribution < 1.29 is 0 Å². The Balaban J connectivity index is 2.56. The predicted molar refractivity (Wildman–Crippen MR) is 82.4 cm³/mol. The maximum atomic E-state index is 3.79. The van der Waals surface area contributed by atoms with Gasteiger partial charge in [0.05, 0.1) is 0 Å². The lowest BCUT2D eigenvalue weighted by Crippen LogP contribution is -2.21. The summed E-state index contributed by atoms with van der Waals surface area (Å²) in [6, 6.07) is 10.3. The van der Waals surface area contributed by atoms with Gasteiger partial charge in [0.2, 0.25) is 0 Å². The molecule has 0 amide bonds. The summed E-state index contributed by atoms with van der Waals surface area (Å²) in [7, 11) is -0.590. The average molecular weight is 246 g/mol. The van der Waals surface area contributed by atoms with E-state index in [0.29, 0.717) is 0 Å². The first-order chi connectivity index (χ1) is 8.04. The van der Waals surface area contributed by atoms with E-state index in [1.54, 1.807) is 0 Å². The van der Waals surface area contributed by atoms with Crippen molar-refractivity contribution in [1.29, 1.82) is 0 Å². The Morgan fingerprint density at radius 1 is 1.06 bits per heavy atom. The van der Waals surface area contributed by atoms with Gasteiger partial charge in [0, 0.05) is 8.80 Å². The molecule has 0 unspecified atom stereocenters. The summed E-state index contributed by atoms with van der Waals surface area (Å²) in [6.07, 6.45) is 3.16. The first-order valence-electron chi connectivity index (χ1n) is 6.76. The zero-order valence-corrected chi connectivity index (χ0v) is 12.9. The smallest absolute Gasteiger partial charge is 0.0422 e. The van der Waals surface area contributed by atoms with Crippen LogP contribution < -0.4 is 0 Å². The molecule has 0 spiro atoms. The number of hydrogen-bond acceptors (Lipinski definition) is 0. The van der Waals surface area contributed by atoms with Gasteiger partial charge in [-0.1, -0.05) is 81.7 Å². The Morgan fingerprint density at radius 2 is 1.59 bits per heavy atom. The Morgan fingerprint density at radius 3 is 2.00 bits per heavy atom. The molecule has 0 N–H and O–H groups in total. The van der Waals surface area contributed by atoms with Crippen LogP contribution >= 0.6 is 0 Å². The molecule has 1 heteroatoms. The standard InChI is InChI=1S/C16H26Si/c1-6-15-7-9-16(10-8-15)11-12-17(13(2)3)14(4)5/h6-10,13-14,17H,1,11-12H2,2-5H3. The molecule has 0 aromatic heterocycles. The van der Waals surface area contributed by atoms with Gasteiger partial charge in [-0.05, 0) is 17.5 Å². The molecule has 0 aliphatic rings. The molecule has 0 aliphatic carbocycles. The highest BCUT2D eigenvalue weighted by atomic mass is 28.3. The van der Waals surface area contributed by atoms with Crippen LogP contribution in [0, 0.1) is 0 Å². The van der Waals surface area contributed by atoms with E-state index in [4.69, 9.17) is 0 Å². The van der Waals surface area contributed by atoms with Crippen molar-refractivity contribution in [3.63, 3.8) is 0 Å². The van der Waals surface area contributed by atoms with Gasteiger partial charge in [-0.2, -0.15) is 0 Å². The van der Waals surface area contributed by atoms with Gasteiger partial charge in [-0.15, -0.1) is 0 Å². The van der Waals surface area contributed by atoms with Crippen LogP contribution in [0.15, 0.2) is 30.8 Å². The van der Waals surface area contributed by atoms with Crippen molar-refractivity contribution >= 4 is 14.9 Å². The highest BCUT2D eigenvalue weighted by molar-refractivity contribution is 6.61. The Kier molecular flexibility index (Phi) is 5.70. The molecule has 1 aromatic rings. The van der Waals surface area contributed by atoms with Gasteiger partial charge in [0.1, 0.15) is 0 Å². The molecular weight excluding hydrogens is 220 g/mol. The van der Waals surface area contributed by atoms with E-state index < -0.39 is 8.80 Å². The van der Waals surface area contributed by atoms with Gasteiger partial charge >= 0.3 is 0 Å². The van der Waals surface area contributed by atoms with Crippen LogP contribution in [0.2, 0.25) is 17.1 Å². The lowest BCUT2D eigenvalue weighted by Gasteiger charge is -2.23. The van der Waals surface area contributed by atoms with Crippen LogP contribution in [-0.4, -0.2) is 8.80 Å². The highest BCUT2D eigenvalue weighted by Gasteiger charge is 2.18. The Labute approximate surface area is 108 Å². The number of aryl methyl sites for hydroxylation is 1. The van der Waals surface area contributed by atoms with Crippen LogP contribution in [0.25, 0.3) is 6.08 Å². The minimum atomic E-state index is -0.590. The van der Waals surface area contributed by atoms with Gasteiger partial charge in [-0.3, -0.25) is 0 Å². The Hall–Kier alpha value is -0.823. The van der Waals surface area contributed by atoms with Gasteiger partial charge < -0.3 is 0 Å². The summed E-state index contributed by atoms with van der Waals surface area (Å²) in [5.74, 6) is 0. The fourth-order valence-corrected chi connectivity index (χ4v) is 6.13. The van der Waals surface area contributed by atoms with Crippen LogP contribution in [0.5, 0.6) is 0 Å². The van der Waals surface area contributed by atoms with Gasteiger partial charge in [-0.25, -0.2) is 0 Å². The van der Waals surface area contributed by atoms with Gasteiger partial charge in [0.25, 0.3) is 0 Å². The second-order valence-corrected chi connectivity index (χ2v) is 10.2. The zero-order valence-electron chi connectivity index (χ0n) is 11.7. The molecule has 17 heavy (non-hydrogen) atoms. The highest BCUT2D eigenvalue weighted by Crippen LogP contribution is 2.25. The number of benzene rings is 1. The van der Waals surface area contributed by atoms with Crippen LogP contribution in [0.1, 0.15) is 38.8 Å². The maximum Gasteiger partial charge on any atom is 0.0422 e. The van der Waals surface area contributed by atoms with Crippen molar-refractivity contribution in [1.82, 2.24) is 0 Å².